The lowest BCUT2D eigenvalue weighted by Crippen LogP contribution is -1.87. The van der Waals surface area contributed by atoms with Crippen molar-refractivity contribution in [1.82, 2.24) is 0 Å². The normalized spacial score (nSPS) is 10.8. The first-order valence-corrected chi connectivity index (χ1v) is 5.19. The standard InChI is InChI=1S/C15H9O/c16-10-15-13-7-3-1-5-11(13)9-12-6-2-4-8-14(12)15/h1-9H. The molecule has 0 heterocycles. The number of hydrogen-bond acceptors (Lipinski definition) is 1. The highest BCUT2D eigenvalue weighted by Crippen LogP contribution is 2.26. The minimum absolute atomic E-state index is 0.661. The van der Waals surface area contributed by atoms with E-state index in [4.69, 9.17) is 0 Å². The first-order chi connectivity index (χ1) is 7.90. The second-order valence-corrected chi connectivity index (χ2v) is 3.80. The van der Waals surface area contributed by atoms with Gasteiger partial charge in [-0.15, -0.1) is 0 Å². The van der Waals surface area contributed by atoms with Crippen molar-refractivity contribution in [1.29, 1.82) is 0 Å². The number of carbonyl (C=O) groups excluding carboxylic acids is 1. The van der Waals surface area contributed by atoms with E-state index in [2.05, 4.69) is 12.4 Å². The monoisotopic (exact) mass is 205 g/mol. The van der Waals surface area contributed by atoms with Crippen LogP contribution in [0.5, 0.6) is 0 Å². The van der Waals surface area contributed by atoms with Gasteiger partial charge in [-0.05, 0) is 27.6 Å². The van der Waals surface area contributed by atoms with Crippen LogP contribution in [0.15, 0.2) is 54.6 Å². The molecule has 0 spiro atoms. The molecule has 75 valence electrons. The molecular formula is C15H9O. The SMILES string of the molecule is O=[C]c1c2ccccc2cc2ccccc12. The van der Waals surface area contributed by atoms with Crippen LogP contribution in [0.1, 0.15) is 5.56 Å². The van der Waals surface area contributed by atoms with Gasteiger partial charge in [-0.1, -0.05) is 48.5 Å². The molecule has 1 radical (unpaired) electrons. The first-order valence-electron chi connectivity index (χ1n) is 5.19. The van der Waals surface area contributed by atoms with Crippen LogP contribution in [0.25, 0.3) is 21.5 Å². The zero-order chi connectivity index (χ0) is 11.0. The van der Waals surface area contributed by atoms with Crippen molar-refractivity contribution in [2.24, 2.45) is 0 Å². The molecule has 0 amide bonds. The Balaban J connectivity index is 2.61. The van der Waals surface area contributed by atoms with Crippen LogP contribution in [0.4, 0.5) is 0 Å². The molecule has 0 atom stereocenters. The summed E-state index contributed by atoms with van der Waals surface area (Å²) in [5.74, 6) is 0. The molecule has 0 bridgehead atoms. The highest BCUT2D eigenvalue weighted by atomic mass is 16.1. The van der Waals surface area contributed by atoms with Crippen LogP contribution >= 0.6 is 0 Å². The van der Waals surface area contributed by atoms with Crippen molar-refractivity contribution in [3.05, 3.63) is 60.2 Å². The summed E-state index contributed by atoms with van der Waals surface area (Å²) in [4.78, 5) is 11.1. The molecule has 0 aliphatic rings. The van der Waals surface area contributed by atoms with E-state index in [9.17, 15) is 4.79 Å². The molecule has 0 aliphatic heterocycles. The highest BCUT2D eigenvalue weighted by Gasteiger charge is 2.06. The van der Waals surface area contributed by atoms with Gasteiger partial charge in [0.1, 0.15) is 0 Å². The summed E-state index contributed by atoms with van der Waals surface area (Å²) < 4.78 is 0. The molecular weight excluding hydrogens is 196 g/mol. The highest BCUT2D eigenvalue weighted by molar-refractivity contribution is 6.12. The number of fused-ring (bicyclic) bond motifs is 2. The molecule has 0 saturated carbocycles. The summed E-state index contributed by atoms with van der Waals surface area (Å²) in [6.07, 6.45) is 2.06. The Hall–Kier alpha value is -2.15. The summed E-state index contributed by atoms with van der Waals surface area (Å²) in [7, 11) is 0. The van der Waals surface area contributed by atoms with Crippen molar-refractivity contribution >= 4 is 27.8 Å². The Morgan fingerprint density at radius 1 is 0.750 bits per heavy atom. The lowest BCUT2D eigenvalue weighted by Gasteiger charge is -2.05. The zero-order valence-corrected chi connectivity index (χ0v) is 8.60. The van der Waals surface area contributed by atoms with E-state index >= 15 is 0 Å². The fourth-order valence-electron chi connectivity index (χ4n) is 2.12. The van der Waals surface area contributed by atoms with E-state index in [0.29, 0.717) is 5.56 Å². The average molecular weight is 205 g/mol. The lowest BCUT2D eigenvalue weighted by molar-refractivity contribution is 0.563. The van der Waals surface area contributed by atoms with Crippen LogP contribution in [0.3, 0.4) is 0 Å². The summed E-state index contributed by atoms with van der Waals surface area (Å²) in [5.41, 5.74) is 0.661. The Kier molecular flexibility index (Phi) is 1.97. The third kappa shape index (κ3) is 1.22. The van der Waals surface area contributed by atoms with Crippen molar-refractivity contribution in [3.63, 3.8) is 0 Å². The predicted octanol–water partition coefficient (Wildman–Crippen LogP) is 3.45. The van der Waals surface area contributed by atoms with Crippen molar-refractivity contribution < 1.29 is 4.79 Å². The fraction of sp³-hybridized carbons (Fsp3) is 0. The van der Waals surface area contributed by atoms with Gasteiger partial charge < -0.3 is 0 Å². The van der Waals surface area contributed by atoms with E-state index < -0.39 is 0 Å². The maximum absolute atomic E-state index is 11.1. The smallest absolute Gasteiger partial charge is 0.234 e. The van der Waals surface area contributed by atoms with Crippen molar-refractivity contribution in [2.75, 3.05) is 0 Å². The lowest BCUT2D eigenvalue weighted by atomic mass is 9.98. The largest absolute Gasteiger partial charge is 0.285 e. The average Bonchev–Trinajstić information content (AvgIpc) is 2.36. The van der Waals surface area contributed by atoms with Crippen LogP contribution in [0, 0.1) is 0 Å². The Labute approximate surface area is 93.3 Å². The quantitative estimate of drug-likeness (QED) is 0.556. The minimum Gasteiger partial charge on any atom is -0.285 e. The van der Waals surface area contributed by atoms with Crippen LogP contribution in [-0.2, 0) is 4.79 Å². The summed E-state index contributed by atoms with van der Waals surface area (Å²) >= 11 is 0. The van der Waals surface area contributed by atoms with Crippen LogP contribution in [0.2, 0.25) is 0 Å². The van der Waals surface area contributed by atoms with Gasteiger partial charge in [-0.25, -0.2) is 0 Å². The Morgan fingerprint density at radius 2 is 1.25 bits per heavy atom. The molecule has 0 N–H and O–H groups in total. The molecule has 16 heavy (non-hydrogen) atoms. The van der Waals surface area contributed by atoms with Gasteiger partial charge in [0.05, 0.1) is 0 Å². The molecule has 0 aliphatic carbocycles. The second-order valence-electron chi connectivity index (χ2n) is 3.80. The Morgan fingerprint density at radius 3 is 1.75 bits per heavy atom. The molecule has 0 unspecified atom stereocenters. The van der Waals surface area contributed by atoms with Gasteiger partial charge in [0.2, 0.25) is 6.29 Å². The summed E-state index contributed by atoms with van der Waals surface area (Å²) in [6.45, 7) is 0. The van der Waals surface area contributed by atoms with Crippen molar-refractivity contribution in [3.8, 4) is 0 Å². The number of rotatable bonds is 1. The Bertz CT molecular complexity index is 629. The molecule has 3 aromatic carbocycles. The molecule has 1 heteroatoms. The predicted molar refractivity (Wildman–Crippen MR) is 66.2 cm³/mol. The first kappa shape index (κ1) is 9.10. The third-order valence-electron chi connectivity index (χ3n) is 2.87. The van der Waals surface area contributed by atoms with Gasteiger partial charge in [-0.3, -0.25) is 4.79 Å². The van der Waals surface area contributed by atoms with E-state index in [-0.39, 0.29) is 0 Å². The van der Waals surface area contributed by atoms with E-state index in [1.807, 2.05) is 48.5 Å². The van der Waals surface area contributed by atoms with Gasteiger partial charge in [0.25, 0.3) is 0 Å². The summed E-state index contributed by atoms with van der Waals surface area (Å²) in [6, 6.07) is 17.9. The van der Waals surface area contributed by atoms with Gasteiger partial charge in [-0.2, -0.15) is 0 Å². The topological polar surface area (TPSA) is 17.1 Å². The van der Waals surface area contributed by atoms with Gasteiger partial charge in [0, 0.05) is 5.56 Å². The maximum atomic E-state index is 11.1. The molecule has 0 aromatic heterocycles. The molecule has 3 rings (SSSR count). The number of benzene rings is 3. The van der Waals surface area contributed by atoms with Crippen molar-refractivity contribution in [2.45, 2.75) is 0 Å². The van der Waals surface area contributed by atoms with E-state index in [0.717, 1.165) is 21.5 Å². The number of hydrogen-bond donors (Lipinski definition) is 0. The third-order valence-corrected chi connectivity index (χ3v) is 2.87. The summed E-state index contributed by atoms with van der Waals surface area (Å²) in [5, 5.41) is 4.10. The van der Waals surface area contributed by atoms with E-state index in [1.165, 1.54) is 0 Å². The zero-order valence-electron chi connectivity index (χ0n) is 8.60. The van der Waals surface area contributed by atoms with E-state index in [1.54, 1.807) is 0 Å². The fourth-order valence-corrected chi connectivity index (χ4v) is 2.12. The molecule has 1 nitrogen and oxygen atoms in total. The second kappa shape index (κ2) is 3.46. The van der Waals surface area contributed by atoms with Gasteiger partial charge >= 0.3 is 0 Å². The minimum atomic E-state index is 0.661. The van der Waals surface area contributed by atoms with Crippen LogP contribution < -0.4 is 0 Å². The molecule has 3 aromatic rings. The molecule has 0 saturated heterocycles. The van der Waals surface area contributed by atoms with Gasteiger partial charge in [0.15, 0.2) is 0 Å². The molecule has 0 fully saturated rings. The maximum Gasteiger partial charge on any atom is 0.234 e. The van der Waals surface area contributed by atoms with Crippen LogP contribution in [-0.4, -0.2) is 6.29 Å².